The number of rotatable bonds is 1. The van der Waals surface area contributed by atoms with Crippen LogP contribution in [0.5, 0.6) is 0 Å². The maximum Gasteiger partial charge on any atom is -0.00408 e. The van der Waals surface area contributed by atoms with Crippen LogP contribution < -0.4 is 0 Å². The first-order valence-electron chi connectivity index (χ1n) is 7.67. The van der Waals surface area contributed by atoms with Gasteiger partial charge in [0, 0.05) is 0 Å². The maximum atomic E-state index is 3.41. The number of halogens is 1. The van der Waals surface area contributed by atoms with Crippen molar-refractivity contribution in [3.05, 3.63) is 95.6 Å². The molecule has 4 aromatic rings. The second-order valence-corrected chi connectivity index (χ2v) is 5.75. The van der Waals surface area contributed by atoms with Crippen LogP contribution in [0.2, 0.25) is 0 Å². The van der Waals surface area contributed by atoms with Gasteiger partial charge in [0.15, 0.2) is 0 Å². The fourth-order valence-corrected chi connectivity index (χ4v) is 3.55. The van der Waals surface area contributed by atoms with Gasteiger partial charge in [-0.1, -0.05) is 71.8 Å². The topological polar surface area (TPSA) is 0 Å². The Morgan fingerprint density at radius 1 is 0.708 bits per heavy atom. The first-order chi connectivity index (χ1) is 11.9. The molecule has 4 aromatic carbocycles. The molecule has 0 heterocycles. The minimum atomic E-state index is 1.20. The van der Waals surface area contributed by atoms with Gasteiger partial charge in [-0.15, -0.1) is 35.0 Å². The monoisotopic (exact) mass is 510 g/mol. The van der Waals surface area contributed by atoms with Crippen molar-refractivity contribution < 1.29 is 15.6 Å². The molecule has 0 radical (unpaired) electrons. The molecule has 5 rings (SSSR count). The fourth-order valence-electron chi connectivity index (χ4n) is 3.55. The Kier molecular flexibility index (Phi) is 4.54. The molecule has 1 aliphatic carbocycles. The van der Waals surface area contributed by atoms with Crippen LogP contribution >= 0.6 is 19.5 Å². The molecule has 0 saturated carbocycles. The minimum absolute atomic E-state index is 1.20. The normalized spacial score (nSPS) is 12.0. The Morgan fingerprint density at radius 3 is 2.21 bits per heavy atom. The van der Waals surface area contributed by atoms with Gasteiger partial charge < -0.3 is 0 Å². The third kappa shape index (κ3) is 2.54. The molecule has 2 heteroatoms. The summed E-state index contributed by atoms with van der Waals surface area (Å²) in [6, 6.07) is 29.2. The summed E-state index contributed by atoms with van der Waals surface area (Å²) < 4.78 is 0. The van der Waals surface area contributed by atoms with Crippen LogP contribution in [0.25, 0.3) is 33.2 Å². The largest absolute Gasteiger partial charge is 0.147 e. The van der Waals surface area contributed by atoms with Crippen molar-refractivity contribution in [1.82, 2.24) is 0 Å². The Hall–Kier alpha value is -1.47. The first kappa shape index (κ1) is 16.0. The number of benzene rings is 4. The standard InChI is InChI=1S/C22H13.HI.Pd/c1-2-11-18-15(6-1)7-4-12-19(18)21-14-17-10-3-8-16-9-5-13-20(21)22(16)17;;/h1-10,12-14H;1H;/q-1;;+2/p-1. The summed E-state index contributed by atoms with van der Waals surface area (Å²) in [7, 11) is 0. The van der Waals surface area contributed by atoms with Gasteiger partial charge in [0.05, 0.1) is 0 Å². The van der Waals surface area contributed by atoms with Crippen molar-refractivity contribution in [2.75, 3.05) is 0 Å². The molecule has 0 atom stereocenters. The van der Waals surface area contributed by atoms with Gasteiger partial charge in [-0.2, -0.15) is 0 Å². The Morgan fingerprint density at radius 2 is 1.38 bits per heavy atom. The zero-order chi connectivity index (χ0) is 16.5. The molecule has 0 spiro atoms. The van der Waals surface area contributed by atoms with Gasteiger partial charge in [-0.3, -0.25) is 0 Å². The fraction of sp³-hybridized carbons (Fsp3) is 0. The zero-order valence-corrected chi connectivity index (χ0v) is 16.4. The Balaban J connectivity index is 0.000000704. The average Bonchev–Trinajstić information content (AvgIpc) is 3.04. The molecule has 0 aliphatic heterocycles. The predicted molar refractivity (Wildman–Crippen MR) is 108 cm³/mol. The van der Waals surface area contributed by atoms with Crippen molar-refractivity contribution >= 4 is 52.7 Å². The summed E-state index contributed by atoms with van der Waals surface area (Å²) in [6.45, 7) is 0. The molecule has 1 aliphatic rings. The van der Waals surface area contributed by atoms with Gasteiger partial charge in [0.2, 0.25) is 0 Å². The van der Waals surface area contributed by atoms with Crippen LogP contribution in [-0.4, -0.2) is 0 Å². The molecule has 0 fully saturated rings. The van der Waals surface area contributed by atoms with E-state index < -0.39 is 0 Å². The molecule has 118 valence electrons. The molecule has 0 bridgehead atoms. The quantitative estimate of drug-likeness (QED) is 0.136. The summed E-state index contributed by atoms with van der Waals surface area (Å²) >= 11 is 4.72. The van der Waals surface area contributed by atoms with Gasteiger partial charge >= 0.3 is 35.1 Å². The maximum absolute atomic E-state index is 3.41. The van der Waals surface area contributed by atoms with Crippen LogP contribution in [0.4, 0.5) is 0 Å². The molecule has 0 nitrogen and oxygen atoms in total. The van der Waals surface area contributed by atoms with E-state index in [-0.39, 0.29) is 0 Å². The van der Waals surface area contributed by atoms with Gasteiger partial charge in [-0.25, -0.2) is 0 Å². The molecular formula is C22H13IPd. The van der Waals surface area contributed by atoms with E-state index in [2.05, 4.69) is 88.4 Å². The van der Waals surface area contributed by atoms with Crippen molar-refractivity contribution in [2.24, 2.45) is 0 Å². The van der Waals surface area contributed by atoms with Crippen LogP contribution in [0.1, 0.15) is 16.7 Å². The molecular weight excluding hydrogens is 498 g/mol. The van der Waals surface area contributed by atoms with Gasteiger partial charge in [0.25, 0.3) is 0 Å². The van der Waals surface area contributed by atoms with E-state index in [0.717, 1.165) is 0 Å². The smallest absolute Gasteiger partial charge is 0.00408 e. The number of fused-ring (bicyclic) bond motifs is 1. The first-order valence-corrected chi connectivity index (χ1v) is 12.3. The van der Waals surface area contributed by atoms with Crippen molar-refractivity contribution in [1.29, 1.82) is 0 Å². The summed E-state index contributed by atoms with van der Waals surface area (Å²) in [5, 5.41) is 5.11. The number of hydrogen-bond acceptors (Lipinski definition) is 0. The Bertz CT molecular complexity index is 1070. The molecule has 0 N–H and O–H groups in total. The summed E-state index contributed by atoms with van der Waals surface area (Å²) in [4.78, 5) is 0. The average molecular weight is 511 g/mol. The second kappa shape index (κ2) is 6.80. The van der Waals surface area contributed by atoms with Gasteiger partial charge in [-0.05, 0) is 21.9 Å². The van der Waals surface area contributed by atoms with Crippen molar-refractivity contribution in [2.45, 2.75) is 0 Å². The minimum Gasteiger partial charge on any atom is -0.147 e. The molecule has 24 heavy (non-hydrogen) atoms. The van der Waals surface area contributed by atoms with Crippen LogP contribution in [0, 0.1) is 6.07 Å². The third-order valence-electron chi connectivity index (χ3n) is 4.51. The van der Waals surface area contributed by atoms with E-state index >= 15 is 0 Å². The van der Waals surface area contributed by atoms with E-state index in [1.54, 1.807) is 0 Å². The molecule has 0 saturated heterocycles. The third-order valence-corrected chi connectivity index (χ3v) is 4.51. The van der Waals surface area contributed by atoms with E-state index in [1.807, 2.05) is 31.6 Å². The van der Waals surface area contributed by atoms with Crippen LogP contribution in [0.15, 0.2) is 72.8 Å². The van der Waals surface area contributed by atoms with E-state index in [0.29, 0.717) is 0 Å². The van der Waals surface area contributed by atoms with E-state index in [1.165, 1.54) is 43.8 Å². The predicted octanol–water partition coefficient (Wildman–Crippen LogP) is 6.58. The Labute approximate surface area is 163 Å². The van der Waals surface area contributed by atoms with E-state index in [4.69, 9.17) is 0 Å². The number of hydrogen-bond donors (Lipinski definition) is 0. The molecule has 0 unspecified atom stereocenters. The molecule has 0 amide bonds. The summed E-state index contributed by atoms with van der Waals surface area (Å²) in [5.74, 6) is 0. The summed E-state index contributed by atoms with van der Waals surface area (Å²) in [6.07, 6.45) is 2.31. The summed E-state index contributed by atoms with van der Waals surface area (Å²) in [5.41, 5.74) is 5.22. The van der Waals surface area contributed by atoms with Crippen LogP contribution in [0.3, 0.4) is 0 Å². The molecule has 0 aromatic heterocycles. The van der Waals surface area contributed by atoms with Crippen molar-refractivity contribution in [3.8, 4) is 0 Å². The van der Waals surface area contributed by atoms with E-state index in [9.17, 15) is 0 Å². The zero-order valence-electron chi connectivity index (χ0n) is 12.7. The van der Waals surface area contributed by atoms with Crippen LogP contribution in [-0.2, 0) is 15.6 Å². The SMILES string of the molecule is [Pd+][I].[c-]1cccc2cccc(C3=Cc4cccc5cccc3c45)c12. The second-order valence-electron chi connectivity index (χ2n) is 5.75. The van der Waals surface area contributed by atoms with Crippen molar-refractivity contribution in [3.63, 3.8) is 0 Å². The van der Waals surface area contributed by atoms with Gasteiger partial charge in [0.1, 0.15) is 0 Å².